The molecule has 2 atom stereocenters. The highest BCUT2D eigenvalue weighted by Crippen LogP contribution is 2.37. The Labute approximate surface area is 77.7 Å². The Hall–Kier alpha value is 0. The van der Waals surface area contributed by atoms with Gasteiger partial charge in [-0.1, -0.05) is 52.9 Å². The molecule has 0 aromatic heterocycles. The monoisotopic (exact) mass is 168 g/mol. The fourth-order valence-electron chi connectivity index (χ4n) is 1.92. The molecule has 1 rings (SSSR count). The molecule has 0 amide bonds. The third-order valence-corrected chi connectivity index (χ3v) is 3.39. The molecular weight excluding hydrogens is 144 g/mol. The third-order valence-electron chi connectivity index (χ3n) is 3.39. The quantitative estimate of drug-likeness (QED) is 0.556. The first-order valence-electron chi connectivity index (χ1n) is 5.74. The zero-order valence-electron chi connectivity index (χ0n) is 8.97. The van der Waals surface area contributed by atoms with Gasteiger partial charge in [0.25, 0.3) is 0 Å². The van der Waals surface area contributed by atoms with E-state index >= 15 is 0 Å². The van der Waals surface area contributed by atoms with Crippen LogP contribution < -0.4 is 0 Å². The van der Waals surface area contributed by atoms with E-state index in [-0.39, 0.29) is 0 Å². The van der Waals surface area contributed by atoms with Crippen LogP contribution in [0.4, 0.5) is 0 Å². The van der Waals surface area contributed by atoms with Gasteiger partial charge in [0.15, 0.2) is 0 Å². The average molecular weight is 168 g/mol. The maximum Gasteiger partial charge on any atom is -0.0411 e. The van der Waals surface area contributed by atoms with Crippen molar-refractivity contribution in [2.45, 2.75) is 59.3 Å². The molecule has 0 heterocycles. The Kier molecular flexibility index (Phi) is 4.11. The molecule has 0 aromatic rings. The van der Waals surface area contributed by atoms with Gasteiger partial charge in [-0.2, -0.15) is 0 Å². The van der Waals surface area contributed by atoms with Gasteiger partial charge in [-0.3, -0.25) is 0 Å². The summed E-state index contributed by atoms with van der Waals surface area (Å²) in [5.41, 5.74) is 0. The normalized spacial score (nSPS) is 22.2. The van der Waals surface area contributed by atoms with Gasteiger partial charge in [-0.15, -0.1) is 0 Å². The Balaban J connectivity index is 2.06. The molecule has 12 heavy (non-hydrogen) atoms. The molecule has 1 fully saturated rings. The van der Waals surface area contributed by atoms with Crippen molar-refractivity contribution in [2.75, 3.05) is 0 Å². The predicted octanol–water partition coefficient (Wildman–Crippen LogP) is 4.25. The lowest BCUT2D eigenvalue weighted by atomic mass is 9.87. The summed E-state index contributed by atoms with van der Waals surface area (Å²) < 4.78 is 0. The van der Waals surface area contributed by atoms with Crippen LogP contribution in [-0.2, 0) is 0 Å². The van der Waals surface area contributed by atoms with Crippen LogP contribution in [0.2, 0.25) is 0 Å². The van der Waals surface area contributed by atoms with Crippen LogP contribution in [0.5, 0.6) is 0 Å². The molecule has 1 aliphatic rings. The molecule has 0 heteroatoms. The highest BCUT2D eigenvalue weighted by Gasteiger charge is 2.25. The van der Waals surface area contributed by atoms with Crippen LogP contribution in [0.1, 0.15) is 59.3 Å². The minimum atomic E-state index is 0.963. The minimum Gasteiger partial charge on any atom is -0.0654 e. The van der Waals surface area contributed by atoms with Crippen LogP contribution in [0.3, 0.4) is 0 Å². The predicted molar refractivity (Wildman–Crippen MR) is 55.2 cm³/mol. The van der Waals surface area contributed by atoms with E-state index in [9.17, 15) is 0 Å². The van der Waals surface area contributed by atoms with Crippen molar-refractivity contribution in [2.24, 2.45) is 17.8 Å². The summed E-state index contributed by atoms with van der Waals surface area (Å²) in [6.07, 6.45) is 8.78. The van der Waals surface area contributed by atoms with Crippen molar-refractivity contribution in [3.8, 4) is 0 Å². The van der Waals surface area contributed by atoms with Gasteiger partial charge >= 0.3 is 0 Å². The zero-order chi connectivity index (χ0) is 8.97. The molecule has 0 saturated heterocycles. The highest BCUT2D eigenvalue weighted by atomic mass is 14.3. The first-order valence-corrected chi connectivity index (χ1v) is 5.74. The van der Waals surface area contributed by atoms with Crippen molar-refractivity contribution >= 4 is 0 Å². The molecular formula is C12H24. The van der Waals surface area contributed by atoms with Crippen molar-refractivity contribution in [1.29, 1.82) is 0 Å². The van der Waals surface area contributed by atoms with Crippen molar-refractivity contribution in [3.63, 3.8) is 0 Å². The second-order valence-corrected chi connectivity index (χ2v) is 4.78. The van der Waals surface area contributed by atoms with Crippen molar-refractivity contribution in [3.05, 3.63) is 0 Å². The molecule has 0 spiro atoms. The van der Waals surface area contributed by atoms with E-state index in [1.54, 1.807) is 0 Å². The summed E-state index contributed by atoms with van der Waals surface area (Å²) in [6.45, 7) is 7.17. The maximum atomic E-state index is 2.44. The second kappa shape index (κ2) is 4.89. The van der Waals surface area contributed by atoms with E-state index in [0.29, 0.717) is 0 Å². The summed E-state index contributed by atoms with van der Waals surface area (Å²) in [5.74, 6) is 3.05. The fraction of sp³-hybridized carbons (Fsp3) is 1.00. The Morgan fingerprint density at radius 3 is 2.33 bits per heavy atom. The average Bonchev–Trinajstić information content (AvgIpc) is 2.83. The van der Waals surface area contributed by atoms with E-state index in [4.69, 9.17) is 0 Å². The van der Waals surface area contributed by atoms with Crippen LogP contribution in [0, 0.1) is 17.8 Å². The van der Waals surface area contributed by atoms with E-state index < -0.39 is 0 Å². The first kappa shape index (κ1) is 10.1. The Morgan fingerprint density at radius 1 is 1.17 bits per heavy atom. The molecule has 1 unspecified atom stereocenters. The summed E-state index contributed by atoms with van der Waals surface area (Å²) in [4.78, 5) is 0. The van der Waals surface area contributed by atoms with Crippen molar-refractivity contribution < 1.29 is 0 Å². The number of unbranched alkanes of at least 4 members (excludes halogenated alkanes) is 1. The summed E-state index contributed by atoms with van der Waals surface area (Å²) in [5, 5.41) is 0. The third kappa shape index (κ3) is 3.60. The lowest BCUT2D eigenvalue weighted by molar-refractivity contribution is 0.323. The molecule has 0 bridgehead atoms. The minimum absolute atomic E-state index is 0.963. The van der Waals surface area contributed by atoms with Gasteiger partial charge in [0.2, 0.25) is 0 Å². The van der Waals surface area contributed by atoms with Gasteiger partial charge in [0, 0.05) is 0 Å². The van der Waals surface area contributed by atoms with Gasteiger partial charge < -0.3 is 0 Å². The van der Waals surface area contributed by atoms with Gasteiger partial charge in [0.1, 0.15) is 0 Å². The van der Waals surface area contributed by atoms with Crippen LogP contribution in [0.25, 0.3) is 0 Å². The van der Waals surface area contributed by atoms with E-state index in [0.717, 1.165) is 17.8 Å². The summed E-state index contributed by atoms with van der Waals surface area (Å²) in [7, 11) is 0. The summed E-state index contributed by atoms with van der Waals surface area (Å²) >= 11 is 0. The number of hydrogen-bond donors (Lipinski definition) is 0. The molecule has 72 valence electrons. The Bertz CT molecular complexity index is 113. The molecule has 0 nitrogen and oxygen atoms in total. The van der Waals surface area contributed by atoms with Crippen LogP contribution >= 0.6 is 0 Å². The fourth-order valence-corrected chi connectivity index (χ4v) is 1.92. The SMILES string of the molecule is CCCCC(C)[C@@H](C)CC1CC1. The van der Waals surface area contributed by atoms with E-state index in [2.05, 4.69) is 20.8 Å². The lowest BCUT2D eigenvalue weighted by Crippen LogP contribution is -2.08. The molecule has 0 aliphatic heterocycles. The molecule has 0 N–H and O–H groups in total. The highest BCUT2D eigenvalue weighted by molar-refractivity contribution is 4.77. The standard InChI is InChI=1S/C12H24/c1-4-5-6-10(2)11(3)9-12-7-8-12/h10-12H,4-9H2,1-3H3/t10?,11-/m0/s1. The van der Waals surface area contributed by atoms with E-state index in [1.165, 1.54) is 38.5 Å². The van der Waals surface area contributed by atoms with Crippen molar-refractivity contribution in [1.82, 2.24) is 0 Å². The van der Waals surface area contributed by atoms with Gasteiger partial charge in [-0.05, 0) is 24.2 Å². The number of rotatable bonds is 6. The van der Waals surface area contributed by atoms with Crippen LogP contribution in [0.15, 0.2) is 0 Å². The maximum absolute atomic E-state index is 2.44. The molecule has 0 radical (unpaired) electrons. The van der Waals surface area contributed by atoms with Gasteiger partial charge in [-0.25, -0.2) is 0 Å². The molecule has 1 saturated carbocycles. The topological polar surface area (TPSA) is 0 Å². The van der Waals surface area contributed by atoms with Crippen LogP contribution in [-0.4, -0.2) is 0 Å². The zero-order valence-corrected chi connectivity index (χ0v) is 8.97. The Morgan fingerprint density at radius 2 is 1.83 bits per heavy atom. The smallest absolute Gasteiger partial charge is 0.0411 e. The van der Waals surface area contributed by atoms with Gasteiger partial charge in [0.05, 0.1) is 0 Å². The largest absolute Gasteiger partial charge is 0.0654 e. The molecule has 1 aliphatic carbocycles. The number of hydrogen-bond acceptors (Lipinski definition) is 0. The second-order valence-electron chi connectivity index (χ2n) is 4.78. The van der Waals surface area contributed by atoms with E-state index in [1.807, 2.05) is 0 Å². The lowest BCUT2D eigenvalue weighted by Gasteiger charge is -2.19. The first-order chi connectivity index (χ1) is 5.74. The molecule has 0 aromatic carbocycles. The summed E-state index contributed by atoms with van der Waals surface area (Å²) in [6, 6.07) is 0.